The molecule has 22 heavy (non-hydrogen) atoms. The number of azide groups is 1. The van der Waals surface area contributed by atoms with Crippen LogP contribution in [0.3, 0.4) is 0 Å². The number of aromatic nitrogens is 2. The van der Waals surface area contributed by atoms with Gasteiger partial charge in [0.2, 0.25) is 0 Å². The molecule has 0 amide bonds. The number of aliphatic hydroxyl groups is 2. The second-order valence-electron chi connectivity index (χ2n) is 4.58. The number of aliphatic hydroxyl groups excluding tert-OH is 2. The monoisotopic (exact) mass is 328 g/mol. The first-order valence-corrected chi connectivity index (χ1v) is 6.57. The van der Waals surface area contributed by atoms with Crippen molar-refractivity contribution in [3.8, 4) is 0 Å². The van der Waals surface area contributed by atoms with Crippen LogP contribution in [0, 0.1) is 5.92 Å². The van der Waals surface area contributed by atoms with Gasteiger partial charge in [0.25, 0.3) is 0 Å². The summed E-state index contributed by atoms with van der Waals surface area (Å²) in [6, 6.07) is 1.37. The highest BCUT2D eigenvalue weighted by Gasteiger charge is 2.54. The molecular weight excluding hydrogens is 316 g/mol. The van der Waals surface area contributed by atoms with Gasteiger partial charge in [0, 0.05) is 16.6 Å². The van der Waals surface area contributed by atoms with Gasteiger partial charge in [-0.1, -0.05) is 22.8 Å². The Hall–Kier alpha value is -2.10. The van der Waals surface area contributed by atoms with E-state index in [9.17, 15) is 15.0 Å². The maximum absolute atomic E-state index is 11.9. The predicted molar refractivity (Wildman–Crippen MR) is 76.5 cm³/mol. The zero-order valence-corrected chi connectivity index (χ0v) is 11.9. The Balaban J connectivity index is 2.54. The van der Waals surface area contributed by atoms with Crippen molar-refractivity contribution in [1.29, 1.82) is 0 Å². The van der Waals surface area contributed by atoms with Gasteiger partial charge in [0.1, 0.15) is 18.1 Å². The van der Waals surface area contributed by atoms with Crippen LogP contribution in [0.1, 0.15) is 6.23 Å². The maximum atomic E-state index is 11.9. The summed E-state index contributed by atoms with van der Waals surface area (Å²) in [5.41, 5.74) is 12.5. The molecule has 4 atom stereocenters. The molecule has 0 bridgehead atoms. The lowest BCUT2D eigenvalue weighted by atomic mass is 9.96. The van der Waals surface area contributed by atoms with Crippen molar-refractivity contribution in [2.45, 2.75) is 18.1 Å². The predicted octanol–water partition coefficient (Wildman–Crippen LogP) is 0.0828. The third-order valence-electron chi connectivity index (χ3n) is 3.34. The molecule has 1 fully saturated rings. The van der Waals surface area contributed by atoms with Crippen LogP contribution in [0.25, 0.3) is 10.4 Å². The van der Waals surface area contributed by atoms with Crippen molar-refractivity contribution in [2.24, 2.45) is 11.0 Å². The summed E-state index contributed by atoms with van der Waals surface area (Å²) < 4.78 is 6.54. The lowest BCUT2D eigenvalue weighted by molar-refractivity contribution is -0.124. The van der Waals surface area contributed by atoms with Crippen molar-refractivity contribution in [3.05, 3.63) is 44.8 Å². The van der Waals surface area contributed by atoms with Gasteiger partial charge >= 0.3 is 5.69 Å². The standard InChI is InChI=1S/C11H13ClN6O4/c12-3-1-6-8(20)11(5-19,16-17-14)22-9(6)18-4-2-7(13)15-10(18)21/h1-4,6,8-9,19-20H,5H2,(H2,13,15,21)/t6-,8+,9-,11-/m1/s1. The van der Waals surface area contributed by atoms with Gasteiger partial charge in [-0.3, -0.25) is 4.57 Å². The number of halogens is 1. The van der Waals surface area contributed by atoms with Crippen molar-refractivity contribution < 1.29 is 14.9 Å². The van der Waals surface area contributed by atoms with E-state index >= 15 is 0 Å². The third-order valence-corrected chi connectivity index (χ3v) is 3.49. The molecule has 1 aromatic heterocycles. The van der Waals surface area contributed by atoms with E-state index in [1.54, 1.807) is 0 Å². The molecule has 11 heteroatoms. The first kappa shape index (κ1) is 16.3. The van der Waals surface area contributed by atoms with E-state index in [2.05, 4.69) is 15.0 Å². The molecule has 1 aliphatic heterocycles. The molecule has 0 aromatic carbocycles. The van der Waals surface area contributed by atoms with Crippen molar-refractivity contribution in [2.75, 3.05) is 12.3 Å². The van der Waals surface area contributed by atoms with Gasteiger partial charge in [-0.05, 0) is 11.6 Å². The molecule has 0 aliphatic carbocycles. The Morgan fingerprint density at radius 3 is 3.00 bits per heavy atom. The fraction of sp³-hybridized carbons (Fsp3) is 0.455. The first-order chi connectivity index (χ1) is 10.5. The molecule has 0 unspecified atom stereocenters. The Morgan fingerprint density at radius 1 is 1.73 bits per heavy atom. The lowest BCUT2D eigenvalue weighted by Crippen LogP contribution is -2.42. The van der Waals surface area contributed by atoms with Crippen LogP contribution in [0.15, 0.2) is 33.8 Å². The first-order valence-electron chi connectivity index (χ1n) is 6.13. The van der Waals surface area contributed by atoms with E-state index < -0.39 is 36.3 Å². The quantitative estimate of drug-likeness (QED) is 0.403. The zero-order chi connectivity index (χ0) is 16.3. The summed E-state index contributed by atoms with van der Waals surface area (Å²) in [7, 11) is 0. The van der Waals surface area contributed by atoms with Crippen LogP contribution in [-0.4, -0.2) is 38.2 Å². The van der Waals surface area contributed by atoms with E-state index in [0.717, 1.165) is 10.1 Å². The van der Waals surface area contributed by atoms with Crippen LogP contribution < -0.4 is 11.4 Å². The van der Waals surface area contributed by atoms with Crippen molar-refractivity contribution >= 4 is 17.4 Å². The Bertz CT molecular complexity index is 687. The van der Waals surface area contributed by atoms with Gasteiger partial charge in [0.15, 0.2) is 5.72 Å². The largest absolute Gasteiger partial charge is 0.393 e. The molecule has 1 saturated heterocycles. The van der Waals surface area contributed by atoms with Gasteiger partial charge in [0.05, 0.1) is 12.5 Å². The van der Waals surface area contributed by atoms with Crippen LogP contribution in [0.5, 0.6) is 0 Å². The summed E-state index contributed by atoms with van der Waals surface area (Å²) in [6.07, 6.45) is 0.186. The van der Waals surface area contributed by atoms with E-state index in [0.29, 0.717) is 0 Å². The average molecular weight is 329 g/mol. The number of anilines is 1. The highest BCUT2D eigenvalue weighted by atomic mass is 35.5. The van der Waals surface area contributed by atoms with Gasteiger partial charge in [-0.2, -0.15) is 4.98 Å². The highest BCUT2D eigenvalue weighted by molar-refractivity contribution is 6.25. The summed E-state index contributed by atoms with van der Waals surface area (Å²) in [5, 5.41) is 23.1. The molecular formula is C11H13ClN6O4. The minimum absolute atomic E-state index is 0.0210. The fourth-order valence-electron chi connectivity index (χ4n) is 2.28. The number of hydrogen-bond acceptors (Lipinski definition) is 7. The number of rotatable bonds is 4. The Morgan fingerprint density at radius 2 is 2.45 bits per heavy atom. The summed E-state index contributed by atoms with van der Waals surface area (Å²) in [4.78, 5) is 18.1. The summed E-state index contributed by atoms with van der Waals surface area (Å²) in [6.45, 7) is -0.779. The van der Waals surface area contributed by atoms with Gasteiger partial charge < -0.3 is 20.7 Å². The number of nitrogen functional groups attached to an aromatic ring is 1. The van der Waals surface area contributed by atoms with Crippen LogP contribution >= 0.6 is 11.6 Å². The third kappa shape index (κ3) is 2.65. The minimum Gasteiger partial charge on any atom is -0.393 e. The number of ether oxygens (including phenoxy) is 1. The Kier molecular flexibility index (Phi) is 4.69. The van der Waals surface area contributed by atoms with Crippen molar-refractivity contribution in [1.82, 2.24) is 9.55 Å². The van der Waals surface area contributed by atoms with Gasteiger partial charge in [-0.15, -0.1) is 0 Å². The van der Waals surface area contributed by atoms with Crippen LogP contribution in [-0.2, 0) is 4.74 Å². The molecule has 4 N–H and O–H groups in total. The zero-order valence-electron chi connectivity index (χ0n) is 11.2. The SMILES string of the molecule is [N-]=[N+]=N[C@]1(CO)O[C@@H](n2ccc(N)nc2=O)[C@H](C=CCl)[C@@H]1O. The molecule has 2 heterocycles. The average Bonchev–Trinajstić information content (AvgIpc) is 2.74. The summed E-state index contributed by atoms with van der Waals surface area (Å²) >= 11 is 5.54. The minimum atomic E-state index is -1.93. The number of nitrogens with zero attached hydrogens (tertiary/aromatic N) is 5. The molecule has 0 saturated carbocycles. The molecule has 10 nitrogen and oxygen atoms in total. The summed E-state index contributed by atoms with van der Waals surface area (Å²) in [5.74, 6) is -0.828. The van der Waals surface area contributed by atoms with Gasteiger partial charge in [-0.25, -0.2) is 4.79 Å². The smallest absolute Gasteiger partial charge is 0.351 e. The lowest BCUT2D eigenvalue weighted by Gasteiger charge is -2.24. The number of nitrogens with two attached hydrogens (primary N) is 1. The van der Waals surface area contributed by atoms with E-state index in [1.807, 2.05) is 0 Å². The van der Waals surface area contributed by atoms with Crippen molar-refractivity contribution in [3.63, 3.8) is 0 Å². The fourth-order valence-corrected chi connectivity index (χ4v) is 2.45. The van der Waals surface area contributed by atoms with E-state index in [1.165, 1.54) is 18.3 Å². The van der Waals surface area contributed by atoms with Crippen LogP contribution in [0.2, 0.25) is 0 Å². The molecule has 0 spiro atoms. The molecule has 2 rings (SSSR count). The van der Waals surface area contributed by atoms with E-state index in [-0.39, 0.29) is 5.82 Å². The normalized spacial score (nSPS) is 31.3. The topological polar surface area (TPSA) is 159 Å². The number of hydrogen-bond donors (Lipinski definition) is 3. The maximum Gasteiger partial charge on any atom is 0.351 e. The second-order valence-corrected chi connectivity index (χ2v) is 4.84. The highest BCUT2D eigenvalue weighted by Crippen LogP contribution is 2.42. The second kappa shape index (κ2) is 6.34. The molecule has 1 aliphatic rings. The Labute approximate surface area is 129 Å². The molecule has 1 aromatic rings. The molecule has 0 radical (unpaired) electrons. The van der Waals surface area contributed by atoms with Crippen LogP contribution in [0.4, 0.5) is 5.82 Å². The molecule has 118 valence electrons. The van der Waals surface area contributed by atoms with E-state index in [4.69, 9.17) is 27.6 Å².